The third-order valence-corrected chi connectivity index (χ3v) is 11.5. The van der Waals surface area contributed by atoms with E-state index < -0.39 is 0 Å². The Balaban J connectivity index is 1.07. The Bertz CT molecular complexity index is 3050. The number of pyridine rings is 1. The molecular formula is C51H38N2O. The van der Waals surface area contributed by atoms with Crippen molar-refractivity contribution < 1.29 is 4.42 Å². The van der Waals surface area contributed by atoms with E-state index in [1.54, 1.807) is 0 Å². The smallest absolute Gasteiger partial charge is 0.135 e. The number of benzene rings is 7. The van der Waals surface area contributed by atoms with Crippen molar-refractivity contribution in [3.8, 4) is 50.3 Å². The summed E-state index contributed by atoms with van der Waals surface area (Å²) >= 11 is 0. The second kappa shape index (κ2) is 12.5. The standard InChI is InChI=1S/C51H38N2O/c1-31-36(35-26-27-50-45(30-35)44-16-7-10-25-49(44)54-50)17-11-18-37(31)38-19-12-21-41(32(38)2)51-34(4)40(28-29-52-51)39-20-13-24-46(33(39)3)53-47-22-8-5-14-42(47)43-15-6-9-23-48(43)53/h5-30H,1-4H3. The molecule has 3 heteroatoms. The number of para-hydroxylation sites is 3. The summed E-state index contributed by atoms with van der Waals surface area (Å²) in [7, 11) is 0. The zero-order valence-corrected chi connectivity index (χ0v) is 30.8. The normalized spacial score (nSPS) is 11.7. The van der Waals surface area contributed by atoms with E-state index in [1.165, 1.54) is 83.1 Å². The van der Waals surface area contributed by atoms with E-state index in [-0.39, 0.29) is 0 Å². The van der Waals surface area contributed by atoms with E-state index in [4.69, 9.17) is 9.40 Å². The summed E-state index contributed by atoms with van der Waals surface area (Å²) in [6.07, 6.45) is 1.97. The van der Waals surface area contributed by atoms with Gasteiger partial charge in [-0.2, -0.15) is 0 Å². The molecule has 0 spiro atoms. The average Bonchev–Trinajstić information content (AvgIpc) is 3.74. The number of hydrogen-bond donors (Lipinski definition) is 0. The highest BCUT2D eigenvalue weighted by Crippen LogP contribution is 2.41. The fourth-order valence-corrected chi connectivity index (χ4v) is 8.76. The first-order valence-corrected chi connectivity index (χ1v) is 18.6. The summed E-state index contributed by atoms with van der Waals surface area (Å²) in [5.41, 5.74) is 19.8. The lowest BCUT2D eigenvalue weighted by molar-refractivity contribution is 0.669. The molecule has 0 amide bonds. The molecule has 258 valence electrons. The first kappa shape index (κ1) is 32.0. The van der Waals surface area contributed by atoms with Crippen LogP contribution in [0.2, 0.25) is 0 Å². The number of aromatic nitrogens is 2. The van der Waals surface area contributed by atoms with E-state index in [9.17, 15) is 0 Å². The van der Waals surface area contributed by atoms with E-state index in [1.807, 2.05) is 18.3 Å². The van der Waals surface area contributed by atoms with Gasteiger partial charge in [-0.1, -0.05) is 109 Å². The largest absolute Gasteiger partial charge is 0.456 e. The number of rotatable bonds is 5. The van der Waals surface area contributed by atoms with E-state index in [2.05, 4.69) is 172 Å². The summed E-state index contributed by atoms with van der Waals surface area (Å²) in [6, 6.07) is 54.4. The van der Waals surface area contributed by atoms with E-state index in [0.29, 0.717) is 0 Å². The van der Waals surface area contributed by atoms with Crippen molar-refractivity contribution >= 4 is 43.7 Å². The molecule has 10 aromatic rings. The van der Waals surface area contributed by atoms with Gasteiger partial charge in [0.2, 0.25) is 0 Å². The molecule has 0 saturated heterocycles. The molecule has 0 aliphatic carbocycles. The van der Waals surface area contributed by atoms with E-state index in [0.717, 1.165) is 33.2 Å². The van der Waals surface area contributed by atoms with Gasteiger partial charge in [-0.15, -0.1) is 0 Å². The molecule has 10 rings (SSSR count). The second-order valence-electron chi connectivity index (χ2n) is 14.4. The van der Waals surface area contributed by atoms with Gasteiger partial charge in [-0.25, -0.2) is 0 Å². The Hall–Kier alpha value is -6.71. The maximum absolute atomic E-state index is 6.14. The van der Waals surface area contributed by atoms with Crippen molar-refractivity contribution in [1.82, 2.24) is 9.55 Å². The van der Waals surface area contributed by atoms with Crippen LogP contribution in [0.1, 0.15) is 22.3 Å². The fraction of sp³-hybridized carbons (Fsp3) is 0.0784. The highest BCUT2D eigenvalue weighted by Gasteiger charge is 2.20. The third-order valence-electron chi connectivity index (χ3n) is 11.5. The van der Waals surface area contributed by atoms with Gasteiger partial charge in [0.25, 0.3) is 0 Å². The Kier molecular flexibility index (Phi) is 7.38. The van der Waals surface area contributed by atoms with Crippen molar-refractivity contribution in [3.05, 3.63) is 180 Å². The van der Waals surface area contributed by atoms with Gasteiger partial charge >= 0.3 is 0 Å². The predicted octanol–water partition coefficient (Wildman–Crippen LogP) is 14.0. The molecule has 0 N–H and O–H groups in total. The van der Waals surface area contributed by atoms with Crippen molar-refractivity contribution in [2.24, 2.45) is 0 Å². The third kappa shape index (κ3) is 4.85. The molecule has 7 aromatic carbocycles. The van der Waals surface area contributed by atoms with Crippen molar-refractivity contribution in [3.63, 3.8) is 0 Å². The summed E-state index contributed by atoms with van der Waals surface area (Å²) < 4.78 is 8.55. The van der Waals surface area contributed by atoms with Gasteiger partial charge in [-0.3, -0.25) is 4.98 Å². The van der Waals surface area contributed by atoms with Gasteiger partial charge in [-0.05, 0) is 126 Å². The highest BCUT2D eigenvalue weighted by molar-refractivity contribution is 6.09. The van der Waals surface area contributed by atoms with Crippen LogP contribution in [0, 0.1) is 27.7 Å². The monoisotopic (exact) mass is 694 g/mol. The van der Waals surface area contributed by atoms with Crippen LogP contribution in [0.15, 0.2) is 162 Å². The first-order valence-electron chi connectivity index (χ1n) is 18.6. The maximum atomic E-state index is 6.14. The summed E-state index contributed by atoms with van der Waals surface area (Å²) in [4.78, 5) is 5.04. The molecule has 54 heavy (non-hydrogen) atoms. The maximum Gasteiger partial charge on any atom is 0.135 e. The van der Waals surface area contributed by atoms with Crippen LogP contribution in [-0.4, -0.2) is 9.55 Å². The molecule has 0 saturated carbocycles. The highest BCUT2D eigenvalue weighted by atomic mass is 16.3. The number of nitrogens with zero attached hydrogens (tertiary/aromatic N) is 2. The molecule has 3 nitrogen and oxygen atoms in total. The zero-order chi connectivity index (χ0) is 36.5. The second-order valence-corrected chi connectivity index (χ2v) is 14.4. The SMILES string of the molecule is Cc1c(-c2ccc3oc4ccccc4c3c2)cccc1-c1cccc(-c2nccc(-c3cccc(-n4c5ccccc5c5ccccc54)c3C)c2C)c1C. The Morgan fingerprint density at radius 1 is 0.407 bits per heavy atom. The van der Waals surface area contributed by atoms with Crippen LogP contribution < -0.4 is 0 Å². The van der Waals surface area contributed by atoms with Crippen molar-refractivity contribution in [1.29, 1.82) is 0 Å². The molecule has 0 aliphatic rings. The lowest BCUT2D eigenvalue weighted by Gasteiger charge is -2.19. The molecule has 0 radical (unpaired) electrons. The molecule has 0 unspecified atom stereocenters. The predicted molar refractivity (Wildman–Crippen MR) is 227 cm³/mol. The van der Waals surface area contributed by atoms with Gasteiger partial charge < -0.3 is 8.98 Å². The summed E-state index contributed by atoms with van der Waals surface area (Å²) in [5.74, 6) is 0. The number of fused-ring (bicyclic) bond motifs is 6. The minimum Gasteiger partial charge on any atom is -0.456 e. The van der Waals surface area contributed by atoms with Crippen LogP contribution in [0.4, 0.5) is 0 Å². The van der Waals surface area contributed by atoms with Crippen molar-refractivity contribution in [2.75, 3.05) is 0 Å². The Morgan fingerprint density at radius 2 is 0.944 bits per heavy atom. The lowest BCUT2D eigenvalue weighted by Crippen LogP contribution is -2.00. The molecule has 0 bridgehead atoms. The van der Waals surface area contributed by atoms with Crippen LogP contribution >= 0.6 is 0 Å². The molecule has 0 atom stereocenters. The Labute approximate surface area is 314 Å². The quantitative estimate of drug-likeness (QED) is 0.180. The summed E-state index contributed by atoms with van der Waals surface area (Å²) in [6.45, 7) is 8.95. The molecule has 3 aromatic heterocycles. The fourth-order valence-electron chi connectivity index (χ4n) is 8.76. The minimum absolute atomic E-state index is 0.913. The topological polar surface area (TPSA) is 31.0 Å². The van der Waals surface area contributed by atoms with Gasteiger partial charge in [0.1, 0.15) is 11.2 Å². The Morgan fingerprint density at radius 3 is 1.67 bits per heavy atom. The van der Waals surface area contributed by atoms with Gasteiger partial charge in [0.05, 0.1) is 16.7 Å². The van der Waals surface area contributed by atoms with Crippen LogP contribution in [0.5, 0.6) is 0 Å². The van der Waals surface area contributed by atoms with Crippen LogP contribution in [0.3, 0.4) is 0 Å². The van der Waals surface area contributed by atoms with Gasteiger partial charge in [0.15, 0.2) is 0 Å². The lowest BCUT2D eigenvalue weighted by atomic mass is 9.87. The number of furan rings is 1. The van der Waals surface area contributed by atoms with Gasteiger partial charge in [0, 0.05) is 39.0 Å². The first-order chi connectivity index (χ1) is 26.5. The zero-order valence-electron chi connectivity index (χ0n) is 30.8. The van der Waals surface area contributed by atoms with Crippen LogP contribution in [0.25, 0.3) is 94.1 Å². The summed E-state index contributed by atoms with van der Waals surface area (Å²) in [5, 5.41) is 4.82. The van der Waals surface area contributed by atoms with Crippen molar-refractivity contribution in [2.45, 2.75) is 27.7 Å². The molecule has 3 heterocycles. The average molecular weight is 695 g/mol. The van der Waals surface area contributed by atoms with Crippen LogP contribution in [-0.2, 0) is 0 Å². The number of hydrogen-bond acceptors (Lipinski definition) is 2. The minimum atomic E-state index is 0.913. The molecular weight excluding hydrogens is 657 g/mol. The molecule has 0 fully saturated rings. The molecule has 0 aliphatic heterocycles. The van der Waals surface area contributed by atoms with E-state index >= 15 is 0 Å².